The second-order valence-corrected chi connectivity index (χ2v) is 11.1. The van der Waals surface area contributed by atoms with Crippen molar-refractivity contribution in [3.05, 3.63) is 144 Å². The normalized spacial score (nSPS) is 13.2. The van der Waals surface area contributed by atoms with E-state index in [-0.39, 0.29) is 0 Å². The van der Waals surface area contributed by atoms with Gasteiger partial charge < -0.3 is 0 Å². The molecule has 7 aromatic rings. The summed E-state index contributed by atoms with van der Waals surface area (Å²) < 4.78 is 38.5. The monoisotopic (exact) mass is 554 g/mol. The highest BCUT2D eigenvalue weighted by atomic mass is 19.4. The molecule has 7 aromatic carbocycles. The number of rotatable bonds is 1. The topological polar surface area (TPSA) is 0 Å². The van der Waals surface area contributed by atoms with E-state index < -0.39 is 11.7 Å². The molecule has 0 fully saturated rings. The molecule has 1 aliphatic carbocycles. The molecule has 0 atom stereocenters. The summed E-state index contributed by atoms with van der Waals surface area (Å²) in [6.45, 7) is 0. The first-order valence-electron chi connectivity index (χ1n) is 14.5. The molecule has 3 heteroatoms. The highest BCUT2D eigenvalue weighted by Crippen LogP contribution is 2.36. The van der Waals surface area contributed by atoms with E-state index in [1.165, 1.54) is 56.3 Å². The lowest BCUT2D eigenvalue weighted by molar-refractivity contribution is -0.137. The van der Waals surface area contributed by atoms with Crippen LogP contribution in [0.15, 0.2) is 127 Å². The van der Waals surface area contributed by atoms with Crippen LogP contribution >= 0.6 is 0 Å². The molecule has 0 nitrogen and oxygen atoms in total. The number of benzene rings is 7. The first-order valence-corrected chi connectivity index (χ1v) is 14.5. The molecule has 0 unspecified atom stereocenters. The van der Waals surface area contributed by atoms with Crippen molar-refractivity contribution >= 4 is 43.1 Å². The number of fused-ring (bicyclic) bond motifs is 7. The SMILES string of the molecule is FC(F)(F)c1ccc(-c2ccc3ccc4c5c(ccc4c3c2)CCCC5)cc1.c1ccc2cc3ccccc3cc2c1. The number of aryl methyl sites for hydroxylation is 2. The average Bonchev–Trinajstić information content (AvgIpc) is 3.03. The third kappa shape index (κ3) is 5.00. The lowest BCUT2D eigenvalue weighted by Crippen LogP contribution is -2.04. The van der Waals surface area contributed by atoms with Gasteiger partial charge in [-0.3, -0.25) is 0 Å². The van der Waals surface area contributed by atoms with E-state index in [1.807, 2.05) is 6.07 Å². The molecule has 0 radical (unpaired) electrons. The van der Waals surface area contributed by atoms with E-state index in [1.54, 1.807) is 12.1 Å². The van der Waals surface area contributed by atoms with Gasteiger partial charge in [0.1, 0.15) is 0 Å². The minimum absolute atomic E-state index is 0.617. The van der Waals surface area contributed by atoms with Crippen molar-refractivity contribution in [3.63, 3.8) is 0 Å². The molecule has 1 aliphatic rings. The fourth-order valence-electron chi connectivity index (χ4n) is 6.30. The number of hydrogen-bond donors (Lipinski definition) is 0. The third-order valence-electron chi connectivity index (χ3n) is 8.51. The fourth-order valence-corrected chi connectivity index (χ4v) is 6.30. The summed E-state index contributed by atoms with van der Waals surface area (Å²) in [6.07, 6.45) is 0.447. The van der Waals surface area contributed by atoms with Gasteiger partial charge in [-0.05, 0) is 121 Å². The lowest BCUT2D eigenvalue weighted by atomic mass is 9.86. The van der Waals surface area contributed by atoms with E-state index in [0.29, 0.717) is 0 Å². The summed E-state index contributed by atoms with van der Waals surface area (Å²) in [7, 11) is 0. The predicted octanol–water partition coefficient (Wildman–Crippen LogP) is 11.6. The van der Waals surface area contributed by atoms with Gasteiger partial charge in [0, 0.05) is 0 Å². The van der Waals surface area contributed by atoms with Crippen molar-refractivity contribution in [2.24, 2.45) is 0 Å². The zero-order valence-electron chi connectivity index (χ0n) is 23.1. The predicted molar refractivity (Wildman–Crippen MR) is 170 cm³/mol. The fraction of sp³-hybridized carbons (Fsp3) is 0.128. The quantitative estimate of drug-likeness (QED) is 0.140. The highest BCUT2D eigenvalue weighted by molar-refractivity contribution is 6.10. The van der Waals surface area contributed by atoms with Crippen LogP contribution in [0.2, 0.25) is 0 Å². The highest BCUT2D eigenvalue weighted by Gasteiger charge is 2.30. The largest absolute Gasteiger partial charge is 0.416 e. The van der Waals surface area contributed by atoms with E-state index >= 15 is 0 Å². The van der Waals surface area contributed by atoms with Crippen molar-refractivity contribution in [1.82, 2.24) is 0 Å². The Morgan fingerprint density at radius 2 is 0.976 bits per heavy atom. The molecule has 0 amide bonds. The van der Waals surface area contributed by atoms with Crippen molar-refractivity contribution in [3.8, 4) is 11.1 Å². The summed E-state index contributed by atoms with van der Waals surface area (Å²) in [4.78, 5) is 0. The minimum atomic E-state index is -4.31. The molecule has 8 rings (SSSR count). The first-order chi connectivity index (χ1) is 20.4. The number of hydrogen-bond acceptors (Lipinski definition) is 0. The molecule has 0 bridgehead atoms. The lowest BCUT2D eigenvalue weighted by Gasteiger charge is -2.19. The Morgan fingerprint density at radius 3 is 1.60 bits per heavy atom. The standard InChI is InChI=1S/C25H19F3.C14H10/c26-25(27,28)20-11-7-16(8-12-20)19-6-5-18-10-13-22-21-4-2-1-3-17(21)9-14-23(22)24(18)15-19;1-2-6-12-10-14-8-4-3-7-13(14)9-11(12)5-1/h5-15H,1-4H2;1-10H. The van der Waals surface area contributed by atoms with Crippen molar-refractivity contribution in [2.45, 2.75) is 31.9 Å². The van der Waals surface area contributed by atoms with Gasteiger partial charge in [0.15, 0.2) is 0 Å². The van der Waals surface area contributed by atoms with E-state index in [9.17, 15) is 13.2 Å². The van der Waals surface area contributed by atoms with E-state index in [4.69, 9.17) is 0 Å². The Morgan fingerprint density at radius 1 is 0.429 bits per heavy atom. The first kappa shape index (κ1) is 26.3. The van der Waals surface area contributed by atoms with Crippen LogP contribution in [0.5, 0.6) is 0 Å². The molecular weight excluding hydrogens is 525 g/mol. The Balaban J connectivity index is 0.000000171. The van der Waals surface area contributed by atoms with Gasteiger partial charge in [0.2, 0.25) is 0 Å². The zero-order chi connectivity index (χ0) is 28.7. The maximum atomic E-state index is 12.8. The van der Waals surface area contributed by atoms with Crippen LogP contribution in [0.4, 0.5) is 13.2 Å². The Hall–Kier alpha value is -4.63. The van der Waals surface area contributed by atoms with Gasteiger partial charge in [-0.15, -0.1) is 0 Å². The Bertz CT molecular complexity index is 1960. The molecule has 0 N–H and O–H groups in total. The molecule has 0 aliphatic heterocycles. The van der Waals surface area contributed by atoms with Crippen LogP contribution in [-0.4, -0.2) is 0 Å². The van der Waals surface area contributed by atoms with Gasteiger partial charge in [0.25, 0.3) is 0 Å². The van der Waals surface area contributed by atoms with Crippen LogP contribution in [0.25, 0.3) is 54.2 Å². The number of halogens is 3. The van der Waals surface area contributed by atoms with Gasteiger partial charge in [0.05, 0.1) is 5.56 Å². The van der Waals surface area contributed by atoms with E-state index in [2.05, 4.69) is 97.1 Å². The van der Waals surface area contributed by atoms with Crippen molar-refractivity contribution in [2.75, 3.05) is 0 Å². The second-order valence-electron chi connectivity index (χ2n) is 11.1. The summed E-state index contributed by atoms with van der Waals surface area (Å²) in [5.74, 6) is 0. The molecule has 42 heavy (non-hydrogen) atoms. The average molecular weight is 555 g/mol. The number of alkyl halides is 3. The second kappa shape index (κ2) is 10.6. The zero-order valence-corrected chi connectivity index (χ0v) is 23.1. The summed E-state index contributed by atoms with van der Waals surface area (Å²) in [5, 5.41) is 10.1. The molecule has 0 saturated heterocycles. The molecule has 0 heterocycles. The summed E-state index contributed by atoms with van der Waals surface area (Å²) >= 11 is 0. The summed E-state index contributed by atoms with van der Waals surface area (Å²) in [6, 6.07) is 41.8. The Labute approximate surface area is 243 Å². The van der Waals surface area contributed by atoms with Crippen molar-refractivity contribution < 1.29 is 13.2 Å². The van der Waals surface area contributed by atoms with Crippen LogP contribution in [0.1, 0.15) is 29.5 Å². The maximum Gasteiger partial charge on any atom is 0.416 e. The van der Waals surface area contributed by atoms with Gasteiger partial charge in [-0.1, -0.05) is 97.1 Å². The van der Waals surface area contributed by atoms with Gasteiger partial charge >= 0.3 is 6.18 Å². The molecule has 0 saturated carbocycles. The smallest absolute Gasteiger partial charge is 0.166 e. The van der Waals surface area contributed by atoms with Crippen LogP contribution in [0.3, 0.4) is 0 Å². The molecule has 0 spiro atoms. The van der Waals surface area contributed by atoms with E-state index in [0.717, 1.165) is 46.9 Å². The Kier molecular flexibility index (Phi) is 6.66. The minimum Gasteiger partial charge on any atom is -0.166 e. The van der Waals surface area contributed by atoms with Crippen molar-refractivity contribution in [1.29, 1.82) is 0 Å². The maximum absolute atomic E-state index is 12.8. The molecule has 206 valence electrons. The van der Waals surface area contributed by atoms with Crippen LogP contribution in [-0.2, 0) is 19.0 Å². The van der Waals surface area contributed by atoms with Gasteiger partial charge in [-0.2, -0.15) is 13.2 Å². The van der Waals surface area contributed by atoms with Crippen LogP contribution in [0, 0.1) is 0 Å². The molecular formula is C39H29F3. The van der Waals surface area contributed by atoms with Gasteiger partial charge in [-0.25, -0.2) is 0 Å². The third-order valence-corrected chi connectivity index (χ3v) is 8.51. The van der Waals surface area contributed by atoms with Crippen LogP contribution < -0.4 is 0 Å². The molecule has 0 aromatic heterocycles. The summed E-state index contributed by atoms with van der Waals surface area (Å²) in [5.41, 5.74) is 4.04.